The van der Waals surface area contributed by atoms with Crippen LogP contribution in [0.4, 0.5) is 0 Å². The number of aldehydes is 2. The van der Waals surface area contributed by atoms with Gasteiger partial charge in [0.05, 0.1) is 31.0 Å². The van der Waals surface area contributed by atoms with Gasteiger partial charge in [-0.2, -0.15) is 0 Å². The number of esters is 5. The van der Waals surface area contributed by atoms with Crippen molar-refractivity contribution in [2.24, 2.45) is 11.3 Å². The lowest BCUT2D eigenvalue weighted by atomic mass is 9.78. The van der Waals surface area contributed by atoms with Gasteiger partial charge in [0, 0.05) is 22.5 Å². The first kappa shape index (κ1) is 71.8. The van der Waals surface area contributed by atoms with Crippen molar-refractivity contribution in [1.82, 2.24) is 0 Å². The van der Waals surface area contributed by atoms with E-state index >= 15 is 0 Å². The van der Waals surface area contributed by atoms with Crippen molar-refractivity contribution in [3.05, 3.63) is 180 Å². The molecule has 20 heteroatoms. The molecule has 5 rings (SSSR count). The van der Waals surface area contributed by atoms with E-state index in [1.54, 1.807) is 87.6 Å². The topological polar surface area (TPSA) is 184 Å². The molecule has 82 heavy (non-hydrogen) atoms. The molecule has 4 aromatic carbocycles. The summed E-state index contributed by atoms with van der Waals surface area (Å²) < 4.78 is 38.4. The number of benzene rings is 4. The SMILES string of the molecule is C=C1OCc2ccccc2CO1.C=CCCOC(=O)C(=C)C.C=CCCOC(=O)C(C)(CC(=O)OCc1ccccc1CSC(=S)SCC)CC(C)C(=O)Oc1ccc(C=O)cc1.CCSC(=S)SC(C)C(=O)Oc1ccc(C=O)cc1. The zero-order valence-corrected chi connectivity index (χ0v) is 52.1. The summed E-state index contributed by atoms with van der Waals surface area (Å²) in [6.07, 6.45) is 5.62. The van der Waals surface area contributed by atoms with Crippen LogP contribution in [0, 0.1) is 11.3 Å². The Morgan fingerprint density at radius 3 is 1.67 bits per heavy atom. The van der Waals surface area contributed by atoms with Crippen LogP contribution in [-0.4, -0.2) is 79.4 Å². The number of thiocarbonyl (C=S) groups is 2. The molecule has 0 fully saturated rings. The molecule has 0 radical (unpaired) electrons. The molecule has 440 valence electrons. The predicted molar refractivity (Wildman–Crippen MR) is 339 cm³/mol. The van der Waals surface area contributed by atoms with Crippen LogP contribution < -0.4 is 9.47 Å². The fraction of sp³-hybridized carbons (Fsp3) is 0.339. The summed E-state index contributed by atoms with van der Waals surface area (Å²) in [6, 6.07) is 28.2. The van der Waals surface area contributed by atoms with Gasteiger partial charge >= 0.3 is 29.8 Å². The van der Waals surface area contributed by atoms with Gasteiger partial charge in [-0.3, -0.25) is 28.8 Å². The minimum atomic E-state index is -1.34. The second kappa shape index (κ2) is 40.8. The minimum absolute atomic E-state index is 0.0000441. The Balaban J connectivity index is 0.000000453. The highest BCUT2D eigenvalue weighted by atomic mass is 32.2. The summed E-state index contributed by atoms with van der Waals surface area (Å²) in [5.74, 6) is 0.375. The smallest absolute Gasteiger partial charge is 0.333 e. The molecule has 0 saturated carbocycles. The quantitative estimate of drug-likeness (QED) is 0.00891. The lowest BCUT2D eigenvalue weighted by molar-refractivity contribution is -0.164. The van der Waals surface area contributed by atoms with Crippen molar-refractivity contribution in [3.8, 4) is 11.5 Å². The third kappa shape index (κ3) is 29.1. The van der Waals surface area contributed by atoms with Crippen molar-refractivity contribution < 1.29 is 66.7 Å². The molecule has 0 amide bonds. The molecule has 0 aliphatic carbocycles. The summed E-state index contributed by atoms with van der Waals surface area (Å²) in [5.41, 5.74) is 4.31. The molecule has 0 aromatic heterocycles. The maximum absolute atomic E-state index is 13.1. The molecule has 0 saturated heterocycles. The van der Waals surface area contributed by atoms with Crippen LogP contribution in [0.15, 0.2) is 147 Å². The van der Waals surface area contributed by atoms with Crippen LogP contribution in [0.25, 0.3) is 0 Å². The Bertz CT molecular complexity index is 2750. The monoisotopic (exact) mass is 1230 g/mol. The van der Waals surface area contributed by atoms with Gasteiger partial charge in [0.25, 0.3) is 5.95 Å². The lowest BCUT2D eigenvalue weighted by Crippen LogP contribution is -2.37. The van der Waals surface area contributed by atoms with E-state index < -0.39 is 29.2 Å². The maximum atomic E-state index is 13.1. The van der Waals surface area contributed by atoms with E-state index in [0.29, 0.717) is 73.1 Å². The highest BCUT2D eigenvalue weighted by Gasteiger charge is 2.41. The highest BCUT2D eigenvalue weighted by Crippen LogP contribution is 2.34. The molecular weight excluding hydrogens is 1160 g/mol. The van der Waals surface area contributed by atoms with Gasteiger partial charge in [0.2, 0.25) is 0 Å². The average Bonchev–Trinajstić information content (AvgIpc) is 3.73. The number of hydrogen-bond donors (Lipinski definition) is 0. The van der Waals surface area contributed by atoms with Crippen molar-refractivity contribution in [1.29, 1.82) is 0 Å². The van der Waals surface area contributed by atoms with Gasteiger partial charge in [-0.05, 0) is 129 Å². The Hall–Kier alpha value is -6.29. The summed E-state index contributed by atoms with van der Waals surface area (Å²) in [6.45, 7) is 26.5. The van der Waals surface area contributed by atoms with Crippen molar-refractivity contribution in [3.63, 3.8) is 0 Å². The van der Waals surface area contributed by atoms with E-state index in [2.05, 4.69) is 26.3 Å². The molecular formula is C62H72O14S6. The first-order chi connectivity index (χ1) is 39.2. The Morgan fingerprint density at radius 1 is 0.683 bits per heavy atom. The van der Waals surface area contributed by atoms with Crippen LogP contribution in [0.2, 0.25) is 0 Å². The van der Waals surface area contributed by atoms with Gasteiger partial charge in [-0.15, -0.1) is 48.4 Å². The van der Waals surface area contributed by atoms with E-state index in [1.807, 2.05) is 62.4 Å². The Morgan fingerprint density at radius 2 is 1.17 bits per heavy atom. The van der Waals surface area contributed by atoms with E-state index in [-0.39, 0.29) is 49.0 Å². The van der Waals surface area contributed by atoms with E-state index in [9.17, 15) is 33.6 Å². The molecule has 3 atom stereocenters. The fourth-order valence-corrected chi connectivity index (χ4v) is 11.3. The molecule has 1 heterocycles. The second-order valence-electron chi connectivity index (χ2n) is 17.8. The Labute approximate surface area is 510 Å². The lowest BCUT2D eigenvalue weighted by Gasteiger charge is -2.28. The minimum Gasteiger partial charge on any atom is -0.465 e. The summed E-state index contributed by atoms with van der Waals surface area (Å²) in [4.78, 5) is 82.8. The third-order valence-electron chi connectivity index (χ3n) is 11.0. The number of rotatable bonds is 25. The number of fused-ring (bicyclic) bond motifs is 1. The molecule has 3 unspecified atom stereocenters. The number of thioether (sulfide) groups is 4. The molecule has 0 N–H and O–H groups in total. The molecule has 4 aromatic rings. The van der Waals surface area contributed by atoms with Crippen molar-refractivity contribution in [2.75, 3.05) is 24.7 Å². The molecule has 14 nitrogen and oxygen atoms in total. The van der Waals surface area contributed by atoms with E-state index in [0.717, 1.165) is 36.0 Å². The van der Waals surface area contributed by atoms with E-state index in [4.69, 9.17) is 57.6 Å². The normalized spacial score (nSPS) is 12.4. The average molecular weight is 1230 g/mol. The predicted octanol–water partition coefficient (Wildman–Crippen LogP) is 14.4. The van der Waals surface area contributed by atoms with Crippen LogP contribution in [-0.2, 0) is 73.2 Å². The first-order valence-electron chi connectivity index (χ1n) is 25.8. The van der Waals surface area contributed by atoms with E-state index in [1.165, 1.54) is 58.9 Å². The molecule has 1 aliphatic rings. The molecule has 0 spiro atoms. The van der Waals surface area contributed by atoms with Crippen LogP contribution in [0.3, 0.4) is 0 Å². The van der Waals surface area contributed by atoms with Gasteiger partial charge in [-0.25, -0.2) is 4.79 Å². The zero-order valence-electron chi connectivity index (χ0n) is 47.2. The largest absolute Gasteiger partial charge is 0.465 e. The number of carbonyl (C=O) groups excluding carboxylic acids is 7. The molecule has 1 aliphatic heterocycles. The zero-order chi connectivity index (χ0) is 60.9. The number of carbonyl (C=O) groups is 7. The van der Waals surface area contributed by atoms with Crippen LogP contribution in [0.1, 0.15) is 110 Å². The maximum Gasteiger partial charge on any atom is 0.333 e. The number of hydrogen-bond acceptors (Lipinski definition) is 20. The Kier molecular flexibility index (Phi) is 35.8. The fourth-order valence-electron chi connectivity index (χ4n) is 6.60. The summed E-state index contributed by atoms with van der Waals surface area (Å²) in [5, 5.41) is -0.350. The standard InChI is InChI=1S/C31H36O7S3.C13H14O3S3.C10H10O2.C8H12O2/c1-5-7-16-36-29(35)31(4,17-22(3)28(34)38-26-14-12-23(19-32)13-15-26)18-27(33)37-20-24-10-8-9-11-25(24)21-41-30(39)40-6-2;1-3-18-13(17)19-9(2)12(15)16-11-6-4-10(8-14)5-7-11;1-8-11-6-9-4-2-3-5-10(9)7-12-8;1-4-5-6-10-8(9)7(2)3/h5,8-15,19,22H,1,6-7,16-18,20-21H2,2-4H3;4-9H,3H2,1-2H3;2-5H,1,6-7H2;4H,1-2,5-6H2,3H3. The van der Waals surface area contributed by atoms with Crippen molar-refractivity contribution in [2.45, 2.75) is 98.0 Å². The van der Waals surface area contributed by atoms with Gasteiger partial charge in [-0.1, -0.05) is 124 Å². The summed E-state index contributed by atoms with van der Waals surface area (Å²) >= 11 is 16.5. The van der Waals surface area contributed by atoms with Crippen LogP contribution in [0.5, 0.6) is 11.5 Å². The van der Waals surface area contributed by atoms with Gasteiger partial charge < -0.3 is 33.2 Å². The first-order valence-corrected chi connectivity index (χ1v) is 30.5. The van der Waals surface area contributed by atoms with Crippen LogP contribution >= 0.6 is 71.5 Å². The van der Waals surface area contributed by atoms with Crippen molar-refractivity contribution >= 4 is 121 Å². The summed E-state index contributed by atoms with van der Waals surface area (Å²) in [7, 11) is 0. The highest BCUT2D eigenvalue weighted by molar-refractivity contribution is 8.47. The van der Waals surface area contributed by atoms with Gasteiger partial charge in [0.1, 0.15) is 56.2 Å². The second-order valence-corrected chi connectivity index (χ2v) is 25.1. The molecule has 0 bridgehead atoms. The third-order valence-corrected chi connectivity index (χ3v) is 16.2. The van der Waals surface area contributed by atoms with Gasteiger partial charge in [0.15, 0.2) is 0 Å². The number of ether oxygens (including phenoxy) is 7.